The third-order valence-corrected chi connectivity index (χ3v) is 7.26. The number of hydrogen-bond acceptors (Lipinski definition) is 8. The number of pyridine rings is 1. The van der Waals surface area contributed by atoms with Crippen molar-refractivity contribution < 1.29 is 19.1 Å². The number of carbonyl (C=O) groups excluding carboxylic acids is 1. The van der Waals surface area contributed by atoms with E-state index in [1.807, 2.05) is 39.8 Å². The lowest BCUT2D eigenvalue weighted by atomic mass is 9.85. The minimum absolute atomic E-state index is 0.00561. The highest BCUT2D eigenvalue weighted by Crippen LogP contribution is 2.41. The van der Waals surface area contributed by atoms with Gasteiger partial charge in [-0.15, -0.1) is 0 Å². The van der Waals surface area contributed by atoms with Gasteiger partial charge in [0.15, 0.2) is 5.82 Å². The number of fused-ring (bicyclic) bond motifs is 1. The molecule has 0 radical (unpaired) electrons. The number of hydrogen-bond donors (Lipinski definition) is 3. The Morgan fingerprint density at radius 2 is 1.75 bits per heavy atom. The Balaban J connectivity index is 1.52. The van der Waals surface area contributed by atoms with Crippen LogP contribution in [0, 0.1) is 19.3 Å². The number of aromatic carboxylic acids is 1. The van der Waals surface area contributed by atoms with Crippen molar-refractivity contribution in [2.75, 3.05) is 15.5 Å². The fourth-order valence-electron chi connectivity index (χ4n) is 4.83. The zero-order valence-electron chi connectivity index (χ0n) is 22.5. The maximum absolute atomic E-state index is 13.7. The summed E-state index contributed by atoms with van der Waals surface area (Å²) in [5.74, 6) is -0.442. The van der Waals surface area contributed by atoms with Gasteiger partial charge in [0, 0.05) is 16.3 Å². The van der Waals surface area contributed by atoms with E-state index >= 15 is 0 Å². The number of carbonyl (C=O) groups is 2. The number of carboxylic acids is 1. The quantitative estimate of drug-likeness (QED) is 0.254. The second kappa shape index (κ2) is 9.63. The highest BCUT2D eigenvalue weighted by Gasteiger charge is 2.37. The molecule has 3 heterocycles. The Kier molecular flexibility index (Phi) is 6.54. The van der Waals surface area contributed by atoms with E-state index in [4.69, 9.17) is 16.0 Å². The van der Waals surface area contributed by atoms with E-state index in [-0.39, 0.29) is 46.0 Å². The molecule has 11 heteroatoms. The molecule has 0 aliphatic carbocycles. The van der Waals surface area contributed by atoms with Crippen molar-refractivity contribution in [1.82, 2.24) is 4.98 Å². The third-order valence-electron chi connectivity index (χ3n) is 6.90. The number of halogens is 1. The normalized spacial score (nSPS) is 13.9. The molecule has 5 rings (SSSR count). The van der Waals surface area contributed by atoms with Crippen LogP contribution in [0.15, 0.2) is 50.4 Å². The molecule has 0 saturated heterocycles. The molecule has 1 amide bonds. The zero-order valence-corrected chi connectivity index (χ0v) is 23.3. The van der Waals surface area contributed by atoms with Crippen LogP contribution < -0.4 is 26.4 Å². The molecule has 1 aliphatic rings. The van der Waals surface area contributed by atoms with E-state index < -0.39 is 28.8 Å². The van der Waals surface area contributed by atoms with Crippen LogP contribution in [0.5, 0.6) is 0 Å². The number of carboxylic acid groups (broad SMARTS) is 1. The minimum Gasteiger partial charge on any atom is -0.478 e. The van der Waals surface area contributed by atoms with Gasteiger partial charge in [-0.05, 0) is 55.7 Å². The van der Waals surface area contributed by atoms with Crippen molar-refractivity contribution in [2.24, 2.45) is 5.41 Å². The predicted molar refractivity (Wildman–Crippen MR) is 152 cm³/mol. The predicted octanol–water partition coefficient (Wildman–Crippen LogP) is 5.34. The van der Waals surface area contributed by atoms with Crippen LogP contribution in [-0.4, -0.2) is 22.0 Å². The molecule has 4 aromatic rings. The molecule has 0 unspecified atom stereocenters. The monoisotopic (exact) mass is 562 g/mol. The second-order valence-electron chi connectivity index (χ2n) is 10.9. The van der Waals surface area contributed by atoms with Gasteiger partial charge in [-0.3, -0.25) is 19.3 Å². The van der Waals surface area contributed by atoms with Gasteiger partial charge in [0.2, 0.25) is 0 Å². The van der Waals surface area contributed by atoms with Crippen LogP contribution in [0.25, 0.3) is 0 Å². The highest BCUT2D eigenvalue weighted by atomic mass is 35.5. The van der Waals surface area contributed by atoms with E-state index in [2.05, 4.69) is 15.6 Å². The zero-order chi connectivity index (χ0) is 29.1. The first-order valence-corrected chi connectivity index (χ1v) is 12.9. The first kappa shape index (κ1) is 27.1. The Bertz CT molecular complexity index is 1760. The standard InChI is InChI=1S/C29H27ClN4O6/c1-13-6-8-15(28(38)39)26(31-13)34-12-16-17(30)9-10-18(20(16)27(34)37)32-21-22(24(36)23(21)35)33-25(29(3,4)5)19-11-7-14(2)40-19/h6-11,25,32-33H,12H2,1-5H3,(H,38,39)/t25-/m0/s1. The summed E-state index contributed by atoms with van der Waals surface area (Å²) in [4.78, 5) is 56.5. The molecule has 2 aromatic carbocycles. The molecule has 10 nitrogen and oxygen atoms in total. The molecule has 0 spiro atoms. The number of nitrogens with one attached hydrogen (secondary N) is 2. The molecule has 3 N–H and O–H groups in total. The number of anilines is 4. The van der Waals surface area contributed by atoms with Crippen molar-refractivity contribution in [1.29, 1.82) is 0 Å². The number of rotatable bonds is 7. The number of amides is 1. The number of nitrogens with zero attached hydrogens (tertiary/aromatic N) is 2. The van der Waals surface area contributed by atoms with Crippen molar-refractivity contribution in [3.63, 3.8) is 0 Å². The summed E-state index contributed by atoms with van der Waals surface area (Å²) >= 11 is 6.45. The van der Waals surface area contributed by atoms with Gasteiger partial charge in [0.1, 0.15) is 28.5 Å². The third kappa shape index (κ3) is 4.54. The first-order valence-electron chi connectivity index (χ1n) is 12.5. The van der Waals surface area contributed by atoms with Crippen LogP contribution in [-0.2, 0) is 6.54 Å². The van der Waals surface area contributed by atoms with E-state index in [1.54, 1.807) is 25.1 Å². The largest absolute Gasteiger partial charge is 0.478 e. The van der Waals surface area contributed by atoms with E-state index in [0.717, 1.165) is 0 Å². The van der Waals surface area contributed by atoms with Gasteiger partial charge in [0.05, 0.1) is 23.8 Å². The second-order valence-corrected chi connectivity index (χ2v) is 11.3. The summed E-state index contributed by atoms with van der Waals surface area (Å²) in [5, 5.41) is 16.1. The first-order chi connectivity index (χ1) is 18.8. The minimum atomic E-state index is -1.23. The molecule has 206 valence electrons. The maximum Gasteiger partial charge on any atom is 0.339 e. The molecule has 1 atom stereocenters. The number of furan rings is 1. The fraction of sp³-hybridized carbons (Fsp3) is 0.276. The van der Waals surface area contributed by atoms with Gasteiger partial charge in [0.25, 0.3) is 16.8 Å². The van der Waals surface area contributed by atoms with Crippen LogP contribution in [0.3, 0.4) is 0 Å². The number of benzene rings is 1. The van der Waals surface area contributed by atoms with Crippen molar-refractivity contribution >= 4 is 46.4 Å². The summed E-state index contributed by atoms with van der Waals surface area (Å²) in [7, 11) is 0. The fourth-order valence-corrected chi connectivity index (χ4v) is 5.04. The Morgan fingerprint density at radius 3 is 2.38 bits per heavy atom. The van der Waals surface area contributed by atoms with E-state index in [0.29, 0.717) is 27.8 Å². The van der Waals surface area contributed by atoms with Gasteiger partial charge in [-0.2, -0.15) is 0 Å². The van der Waals surface area contributed by atoms with E-state index in [1.165, 1.54) is 11.0 Å². The van der Waals surface area contributed by atoms with Crippen LogP contribution >= 0.6 is 11.6 Å². The lowest BCUT2D eigenvalue weighted by Gasteiger charge is -2.31. The smallest absolute Gasteiger partial charge is 0.339 e. The van der Waals surface area contributed by atoms with Gasteiger partial charge >= 0.3 is 5.97 Å². The summed E-state index contributed by atoms with van der Waals surface area (Å²) in [5.41, 5.74) is -0.436. The average Bonchev–Trinajstić information content (AvgIpc) is 3.47. The lowest BCUT2D eigenvalue weighted by molar-refractivity contribution is 0.0697. The summed E-state index contributed by atoms with van der Waals surface area (Å²) in [6.45, 7) is 9.43. The highest BCUT2D eigenvalue weighted by molar-refractivity contribution is 6.33. The van der Waals surface area contributed by atoms with Crippen LogP contribution in [0.4, 0.5) is 22.9 Å². The Hall–Kier alpha value is -4.44. The topological polar surface area (TPSA) is 142 Å². The molecule has 0 bridgehead atoms. The van der Waals surface area contributed by atoms with Crippen molar-refractivity contribution in [3.8, 4) is 0 Å². The summed E-state index contributed by atoms with van der Waals surface area (Å²) < 4.78 is 5.82. The van der Waals surface area contributed by atoms with Gasteiger partial charge in [-0.1, -0.05) is 32.4 Å². The number of aromatic nitrogens is 1. The Morgan fingerprint density at radius 1 is 1.05 bits per heavy atom. The molecule has 2 aromatic heterocycles. The summed E-state index contributed by atoms with van der Waals surface area (Å²) in [6, 6.07) is 9.27. The summed E-state index contributed by atoms with van der Waals surface area (Å²) in [6.07, 6.45) is 0. The van der Waals surface area contributed by atoms with Crippen molar-refractivity contribution in [2.45, 2.75) is 47.2 Å². The van der Waals surface area contributed by atoms with Crippen molar-refractivity contribution in [3.05, 3.63) is 95.8 Å². The van der Waals surface area contributed by atoms with Gasteiger partial charge in [-0.25, -0.2) is 9.78 Å². The molecule has 0 fully saturated rings. The molecular weight excluding hydrogens is 536 g/mol. The lowest BCUT2D eigenvalue weighted by Crippen LogP contribution is -2.39. The van der Waals surface area contributed by atoms with Crippen LogP contribution in [0.2, 0.25) is 5.02 Å². The molecule has 40 heavy (non-hydrogen) atoms. The SMILES string of the molecule is Cc1ccc(C(=O)O)c(N2Cc3c(Cl)ccc(Nc4c(N[C@@H](c5ccc(C)o5)C(C)(C)C)c(=O)c4=O)c3C2=O)n1. The molecular formula is C29H27ClN4O6. The number of aryl methyl sites for hydroxylation is 2. The molecule has 1 aliphatic heterocycles. The van der Waals surface area contributed by atoms with E-state index in [9.17, 15) is 24.3 Å². The Labute approximate surface area is 234 Å². The average molecular weight is 563 g/mol. The van der Waals surface area contributed by atoms with Crippen LogP contribution in [0.1, 0.15) is 70.3 Å². The molecule has 0 saturated carbocycles. The van der Waals surface area contributed by atoms with Gasteiger partial charge < -0.3 is 20.2 Å². The maximum atomic E-state index is 13.7.